The molecule has 0 unspecified atom stereocenters. The first kappa shape index (κ1) is 19.4. The highest BCUT2D eigenvalue weighted by Gasteiger charge is 2.25. The summed E-state index contributed by atoms with van der Waals surface area (Å²) in [4.78, 5) is 12.4. The molecule has 6 nitrogen and oxygen atoms in total. The van der Waals surface area contributed by atoms with Gasteiger partial charge in [0.25, 0.3) is 5.91 Å². The molecule has 1 amide bonds. The Labute approximate surface area is 160 Å². The van der Waals surface area contributed by atoms with Gasteiger partial charge in [0.05, 0.1) is 11.4 Å². The van der Waals surface area contributed by atoms with E-state index in [0.717, 1.165) is 25.0 Å². The first-order valence-electron chi connectivity index (χ1n) is 9.14. The molecule has 2 aromatic rings. The van der Waals surface area contributed by atoms with Crippen LogP contribution in [-0.4, -0.2) is 44.9 Å². The van der Waals surface area contributed by atoms with Gasteiger partial charge in [0.2, 0.25) is 10.0 Å². The normalized spacial score (nSPS) is 15.3. The van der Waals surface area contributed by atoms with Crippen molar-refractivity contribution in [3.63, 3.8) is 0 Å². The average molecular weight is 388 g/mol. The molecule has 0 saturated carbocycles. The Morgan fingerprint density at radius 1 is 0.963 bits per heavy atom. The van der Waals surface area contributed by atoms with Crippen LogP contribution < -0.4 is 10.1 Å². The van der Waals surface area contributed by atoms with Crippen LogP contribution in [0.3, 0.4) is 0 Å². The molecule has 1 aliphatic rings. The molecule has 1 N–H and O–H groups in total. The maximum Gasteiger partial charge on any atom is 0.251 e. The largest absolute Gasteiger partial charge is 0.492 e. The van der Waals surface area contributed by atoms with Gasteiger partial charge in [-0.1, -0.05) is 24.6 Å². The molecule has 0 aliphatic carbocycles. The van der Waals surface area contributed by atoms with E-state index in [1.165, 1.54) is 16.4 Å². The first-order valence-corrected chi connectivity index (χ1v) is 10.6. The molecule has 0 aromatic heterocycles. The van der Waals surface area contributed by atoms with Gasteiger partial charge in [-0.2, -0.15) is 4.31 Å². The minimum absolute atomic E-state index is 0.230. The number of hydrogen-bond donors (Lipinski definition) is 1. The zero-order valence-corrected chi connectivity index (χ0v) is 16.0. The van der Waals surface area contributed by atoms with Crippen molar-refractivity contribution in [2.45, 2.75) is 24.2 Å². The maximum atomic E-state index is 12.6. The molecule has 2 aromatic carbocycles. The summed E-state index contributed by atoms with van der Waals surface area (Å²) in [7, 11) is -3.47. The SMILES string of the molecule is O=C(NCCOc1ccccc1)c1ccc(S(=O)(=O)N2CCCCC2)cc1. The Hall–Kier alpha value is -2.38. The number of benzene rings is 2. The van der Waals surface area contributed by atoms with Crippen LogP contribution in [0.1, 0.15) is 29.6 Å². The molecule has 3 rings (SSSR count). The van der Waals surface area contributed by atoms with Gasteiger partial charge in [-0.15, -0.1) is 0 Å². The van der Waals surface area contributed by atoms with Crippen LogP contribution in [-0.2, 0) is 10.0 Å². The number of piperidine rings is 1. The van der Waals surface area contributed by atoms with Crippen molar-refractivity contribution >= 4 is 15.9 Å². The lowest BCUT2D eigenvalue weighted by Gasteiger charge is -2.25. The molecule has 1 heterocycles. The Balaban J connectivity index is 1.52. The summed E-state index contributed by atoms with van der Waals surface area (Å²) in [5.74, 6) is 0.493. The Kier molecular flexibility index (Phi) is 6.47. The summed E-state index contributed by atoms with van der Waals surface area (Å²) >= 11 is 0. The van der Waals surface area contributed by atoms with Crippen molar-refractivity contribution in [3.05, 3.63) is 60.2 Å². The van der Waals surface area contributed by atoms with Gasteiger partial charge >= 0.3 is 0 Å². The lowest BCUT2D eigenvalue weighted by molar-refractivity contribution is 0.0947. The van der Waals surface area contributed by atoms with Crippen molar-refractivity contribution in [1.82, 2.24) is 9.62 Å². The zero-order chi connectivity index (χ0) is 19.1. The van der Waals surface area contributed by atoms with E-state index in [1.54, 1.807) is 12.1 Å². The molecule has 27 heavy (non-hydrogen) atoms. The van der Waals surface area contributed by atoms with E-state index < -0.39 is 10.0 Å². The first-order chi connectivity index (χ1) is 13.1. The number of sulfonamides is 1. The fraction of sp³-hybridized carbons (Fsp3) is 0.350. The average Bonchev–Trinajstić information content (AvgIpc) is 2.72. The van der Waals surface area contributed by atoms with Crippen LogP contribution in [0.2, 0.25) is 0 Å². The standard InChI is InChI=1S/C20H24N2O4S/c23-20(21-13-16-26-18-7-3-1-4-8-18)17-9-11-19(12-10-17)27(24,25)22-14-5-2-6-15-22/h1,3-4,7-12H,2,5-6,13-16H2,(H,21,23). The molecule has 1 saturated heterocycles. The summed E-state index contributed by atoms with van der Waals surface area (Å²) in [6, 6.07) is 15.5. The Bertz CT molecular complexity index is 845. The van der Waals surface area contributed by atoms with Gasteiger partial charge in [-0.3, -0.25) is 4.79 Å². The summed E-state index contributed by atoms with van der Waals surface area (Å²) < 4.78 is 32.3. The summed E-state index contributed by atoms with van der Waals surface area (Å²) in [5, 5.41) is 2.77. The lowest BCUT2D eigenvalue weighted by Crippen LogP contribution is -2.35. The number of nitrogens with zero attached hydrogens (tertiary/aromatic N) is 1. The molecule has 0 spiro atoms. The molecule has 1 aliphatic heterocycles. The van der Waals surface area contributed by atoms with E-state index in [0.29, 0.717) is 31.8 Å². The third-order valence-electron chi connectivity index (χ3n) is 4.47. The van der Waals surface area contributed by atoms with Gasteiger partial charge in [0.15, 0.2) is 0 Å². The number of para-hydroxylation sites is 1. The van der Waals surface area contributed by atoms with Crippen molar-refractivity contribution in [1.29, 1.82) is 0 Å². The van der Waals surface area contributed by atoms with Gasteiger partial charge in [0, 0.05) is 18.7 Å². The maximum absolute atomic E-state index is 12.6. The van der Waals surface area contributed by atoms with E-state index in [9.17, 15) is 13.2 Å². The second kappa shape index (κ2) is 9.01. The van der Waals surface area contributed by atoms with E-state index in [4.69, 9.17) is 4.74 Å². The minimum Gasteiger partial charge on any atom is -0.492 e. The fourth-order valence-electron chi connectivity index (χ4n) is 2.98. The number of carbonyl (C=O) groups excluding carboxylic acids is 1. The number of carbonyl (C=O) groups is 1. The Morgan fingerprint density at radius 3 is 2.30 bits per heavy atom. The molecule has 0 radical (unpaired) electrons. The summed E-state index contributed by atoms with van der Waals surface area (Å²) in [6.45, 7) is 1.84. The molecule has 7 heteroatoms. The Morgan fingerprint density at radius 2 is 1.63 bits per heavy atom. The lowest BCUT2D eigenvalue weighted by atomic mass is 10.2. The van der Waals surface area contributed by atoms with Crippen molar-refractivity contribution in [2.75, 3.05) is 26.2 Å². The number of hydrogen-bond acceptors (Lipinski definition) is 4. The van der Waals surface area contributed by atoms with Gasteiger partial charge in [-0.05, 0) is 49.2 Å². The van der Waals surface area contributed by atoms with Crippen LogP contribution in [0, 0.1) is 0 Å². The predicted molar refractivity (Wildman–Crippen MR) is 103 cm³/mol. The van der Waals surface area contributed by atoms with Crippen LogP contribution >= 0.6 is 0 Å². The number of amides is 1. The molecule has 0 atom stereocenters. The molecule has 0 bridgehead atoms. The van der Waals surface area contributed by atoms with Crippen LogP contribution in [0.4, 0.5) is 0 Å². The summed E-state index contributed by atoms with van der Waals surface area (Å²) in [6.07, 6.45) is 2.86. The predicted octanol–water partition coefficient (Wildman–Crippen LogP) is 2.67. The van der Waals surface area contributed by atoms with Crippen LogP contribution in [0.25, 0.3) is 0 Å². The van der Waals surface area contributed by atoms with Crippen molar-refractivity contribution in [2.24, 2.45) is 0 Å². The van der Waals surface area contributed by atoms with E-state index >= 15 is 0 Å². The van der Waals surface area contributed by atoms with Crippen LogP contribution in [0.5, 0.6) is 5.75 Å². The third-order valence-corrected chi connectivity index (χ3v) is 6.38. The van der Waals surface area contributed by atoms with Crippen molar-refractivity contribution < 1.29 is 17.9 Å². The van der Waals surface area contributed by atoms with Gasteiger partial charge < -0.3 is 10.1 Å². The number of ether oxygens (including phenoxy) is 1. The minimum atomic E-state index is -3.47. The highest BCUT2D eigenvalue weighted by atomic mass is 32.2. The topological polar surface area (TPSA) is 75.7 Å². The van der Waals surface area contributed by atoms with Gasteiger partial charge in [-0.25, -0.2) is 8.42 Å². The monoisotopic (exact) mass is 388 g/mol. The highest BCUT2D eigenvalue weighted by Crippen LogP contribution is 2.20. The van der Waals surface area contributed by atoms with E-state index in [2.05, 4.69) is 5.32 Å². The molecular weight excluding hydrogens is 364 g/mol. The van der Waals surface area contributed by atoms with Crippen molar-refractivity contribution in [3.8, 4) is 5.75 Å². The third kappa shape index (κ3) is 5.08. The summed E-state index contributed by atoms with van der Waals surface area (Å²) in [5.41, 5.74) is 0.423. The van der Waals surface area contributed by atoms with Crippen LogP contribution in [0.15, 0.2) is 59.5 Å². The fourth-order valence-corrected chi connectivity index (χ4v) is 4.50. The van der Waals surface area contributed by atoms with Gasteiger partial charge in [0.1, 0.15) is 12.4 Å². The smallest absolute Gasteiger partial charge is 0.251 e. The second-order valence-electron chi connectivity index (χ2n) is 6.41. The van der Waals surface area contributed by atoms with E-state index in [-0.39, 0.29) is 10.8 Å². The molecule has 144 valence electrons. The quantitative estimate of drug-likeness (QED) is 0.740. The van der Waals surface area contributed by atoms with E-state index in [1.807, 2.05) is 30.3 Å². The number of rotatable bonds is 7. The second-order valence-corrected chi connectivity index (χ2v) is 8.34. The number of nitrogens with one attached hydrogen (secondary N) is 1. The molecule has 1 fully saturated rings. The zero-order valence-electron chi connectivity index (χ0n) is 15.1. The molecular formula is C20H24N2O4S. The highest BCUT2D eigenvalue weighted by molar-refractivity contribution is 7.89.